The van der Waals surface area contributed by atoms with Gasteiger partial charge in [-0.1, -0.05) is 334 Å². The fraction of sp³-hybridized carbons (Fsp3) is 0.913. The molecule has 0 aromatic heterocycles. The van der Waals surface area contributed by atoms with Gasteiger partial charge in [0.25, 0.3) is 0 Å². The molecular formula is C69H133NO5. The minimum atomic E-state index is -0.846. The van der Waals surface area contributed by atoms with Crippen molar-refractivity contribution in [3.05, 3.63) is 24.3 Å². The molecule has 1 amide bonds. The van der Waals surface area contributed by atoms with E-state index in [2.05, 4.69) is 31.3 Å². The van der Waals surface area contributed by atoms with E-state index in [0.29, 0.717) is 19.4 Å². The molecule has 0 aromatic rings. The molecule has 6 nitrogen and oxygen atoms in total. The first-order chi connectivity index (χ1) is 37.0. The molecule has 0 aliphatic carbocycles. The predicted molar refractivity (Wildman–Crippen MR) is 329 cm³/mol. The summed E-state index contributed by atoms with van der Waals surface area (Å²) in [5.41, 5.74) is 0. The summed E-state index contributed by atoms with van der Waals surface area (Å²) in [5.74, 6) is -0.0519. The van der Waals surface area contributed by atoms with E-state index in [1.54, 1.807) is 6.08 Å². The minimum Gasteiger partial charge on any atom is -0.466 e. The molecule has 2 atom stereocenters. The van der Waals surface area contributed by atoms with Gasteiger partial charge in [0, 0.05) is 12.8 Å². The molecule has 0 aliphatic rings. The quantitative estimate of drug-likeness (QED) is 0.0320. The number of rotatable bonds is 64. The van der Waals surface area contributed by atoms with Crippen molar-refractivity contribution in [1.82, 2.24) is 5.32 Å². The highest BCUT2D eigenvalue weighted by Gasteiger charge is 2.18. The van der Waals surface area contributed by atoms with Crippen LogP contribution in [0.1, 0.15) is 380 Å². The molecule has 0 fully saturated rings. The van der Waals surface area contributed by atoms with Gasteiger partial charge in [0.2, 0.25) is 5.91 Å². The van der Waals surface area contributed by atoms with Gasteiger partial charge < -0.3 is 20.3 Å². The van der Waals surface area contributed by atoms with Crippen LogP contribution in [-0.4, -0.2) is 47.4 Å². The maximum atomic E-state index is 12.5. The molecule has 444 valence electrons. The number of hydrogen-bond donors (Lipinski definition) is 3. The molecule has 6 heteroatoms. The highest BCUT2D eigenvalue weighted by atomic mass is 16.5. The lowest BCUT2D eigenvalue weighted by Gasteiger charge is -2.20. The van der Waals surface area contributed by atoms with Crippen LogP contribution in [0.15, 0.2) is 24.3 Å². The van der Waals surface area contributed by atoms with Crippen LogP contribution in [-0.2, 0) is 14.3 Å². The van der Waals surface area contributed by atoms with Crippen molar-refractivity contribution in [1.29, 1.82) is 0 Å². The normalized spacial score (nSPS) is 12.6. The van der Waals surface area contributed by atoms with Gasteiger partial charge in [0.15, 0.2) is 0 Å². The maximum Gasteiger partial charge on any atom is 0.305 e. The molecule has 0 bridgehead atoms. The summed E-state index contributed by atoms with van der Waals surface area (Å²) in [6.07, 6.45) is 81.0. The highest BCUT2D eigenvalue weighted by molar-refractivity contribution is 5.76. The number of hydrogen-bond acceptors (Lipinski definition) is 5. The number of aliphatic hydroxyl groups is 2. The van der Waals surface area contributed by atoms with Crippen LogP contribution in [0.4, 0.5) is 0 Å². The van der Waals surface area contributed by atoms with E-state index in [1.807, 2.05) is 6.08 Å². The predicted octanol–water partition coefficient (Wildman–Crippen LogP) is 21.8. The number of allylic oxidation sites excluding steroid dienone is 3. The number of esters is 1. The van der Waals surface area contributed by atoms with Gasteiger partial charge in [0.1, 0.15) is 0 Å². The molecule has 3 N–H and O–H groups in total. The first-order valence-electron chi connectivity index (χ1n) is 34.1. The van der Waals surface area contributed by atoms with E-state index in [4.69, 9.17) is 4.74 Å². The molecule has 0 radical (unpaired) electrons. The Hall–Kier alpha value is -1.66. The van der Waals surface area contributed by atoms with Gasteiger partial charge in [-0.05, 0) is 57.8 Å². The zero-order valence-corrected chi connectivity index (χ0v) is 50.8. The number of carbonyl (C=O) groups is 2. The van der Waals surface area contributed by atoms with E-state index in [9.17, 15) is 19.8 Å². The van der Waals surface area contributed by atoms with Crippen molar-refractivity contribution in [2.24, 2.45) is 0 Å². The lowest BCUT2D eigenvalue weighted by molar-refractivity contribution is -0.143. The Bertz CT molecular complexity index is 1170. The average Bonchev–Trinajstić information content (AvgIpc) is 3.41. The zero-order valence-electron chi connectivity index (χ0n) is 50.8. The van der Waals surface area contributed by atoms with Crippen LogP contribution >= 0.6 is 0 Å². The fourth-order valence-corrected chi connectivity index (χ4v) is 10.7. The Labute approximate surface area is 469 Å². The first-order valence-corrected chi connectivity index (χ1v) is 34.1. The molecule has 0 saturated heterocycles. The summed E-state index contributed by atoms with van der Waals surface area (Å²) in [5, 5.41) is 23.2. The molecular weight excluding hydrogens is 923 g/mol. The SMILES string of the molecule is CCCCCCCCCCCCCCCCCCCCC/C=C/C(O)C(CO)NC(=O)CCCCCCCCCCCC/C=C\CCCCCCCCCCCCCCOC(=O)CCCCCCCCCCCCC. The Morgan fingerprint density at radius 3 is 0.947 bits per heavy atom. The van der Waals surface area contributed by atoms with Crippen molar-refractivity contribution >= 4 is 11.9 Å². The van der Waals surface area contributed by atoms with Crippen molar-refractivity contribution in [2.45, 2.75) is 392 Å². The van der Waals surface area contributed by atoms with E-state index in [-0.39, 0.29) is 18.5 Å². The second-order valence-electron chi connectivity index (χ2n) is 23.5. The third-order valence-electron chi connectivity index (χ3n) is 16.0. The molecule has 2 unspecified atom stereocenters. The minimum absolute atomic E-state index is 0.0142. The Morgan fingerprint density at radius 2 is 0.627 bits per heavy atom. The number of unbranched alkanes of at least 4 members (excludes halogenated alkanes) is 51. The zero-order chi connectivity index (χ0) is 54.3. The van der Waals surface area contributed by atoms with Crippen LogP contribution in [0.3, 0.4) is 0 Å². The summed E-state index contributed by atoms with van der Waals surface area (Å²) in [6.45, 7) is 4.93. The molecule has 0 rings (SSSR count). The number of nitrogens with one attached hydrogen (secondary N) is 1. The molecule has 75 heavy (non-hydrogen) atoms. The highest BCUT2D eigenvalue weighted by Crippen LogP contribution is 2.18. The van der Waals surface area contributed by atoms with Gasteiger partial charge in [-0.25, -0.2) is 0 Å². The average molecular weight is 1060 g/mol. The Morgan fingerprint density at radius 1 is 0.360 bits per heavy atom. The molecule has 0 heterocycles. The summed E-state index contributed by atoms with van der Waals surface area (Å²) < 4.78 is 5.47. The topological polar surface area (TPSA) is 95.9 Å². The smallest absolute Gasteiger partial charge is 0.305 e. The number of aliphatic hydroxyl groups excluding tert-OH is 2. The summed E-state index contributed by atoms with van der Waals surface area (Å²) in [7, 11) is 0. The fourth-order valence-electron chi connectivity index (χ4n) is 10.7. The van der Waals surface area contributed by atoms with Crippen molar-refractivity contribution < 1.29 is 24.5 Å². The van der Waals surface area contributed by atoms with Gasteiger partial charge in [-0.3, -0.25) is 9.59 Å². The van der Waals surface area contributed by atoms with Crippen LogP contribution in [0.2, 0.25) is 0 Å². The van der Waals surface area contributed by atoms with E-state index in [1.165, 1.54) is 315 Å². The van der Waals surface area contributed by atoms with E-state index in [0.717, 1.165) is 38.5 Å². The summed E-state index contributed by atoms with van der Waals surface area (Å²) >= 11 is 0. The molecule has 0 spiro atoms. The van der Waals surface area contributed by atoms with Crippen LogP contribution in [0.25, 0.3) is 0 Å². The van der Waals surface area contributed by atoms with Crippen LogP contribution in [0.5, 0.6) is 0 Å². The van der Waals surface area contributed by atoms with Gasteiger partial charge in [-0.2, -0.15) is 0 Å². The third kappa shape index (κ3) is 61.4. The van der Waals surface area contributed by atoms with Crippen LogP contribution in [0, 0.1) is 0 Å². The number of ether oxygens (including phenoxy) is 1. The van der Waals surface area contributed by atoms with Crippen molar-refractivity contribution in [3.8, 4) is 0 Å². The lowest BCUT2D eigenvalue weighted by atomic mass is 10.0. The van der Waals surface area contributed by atoms with Gasteiger partial charge in [0.05, 0.1) is 25.4 Å². The van der Waals surface area contributed by atoms with Crippen molar-refractivity contribution in [3.63, 3.8) is 0 Å². The molecule has 0 saturated carbocycles. The van der Waals surface area contributed by atoms with E-state index < -0.39 is 12.1 Å². The second-order valence-corrected chi connectivity index (χ2v) is 23.5. The van der Waals surface area contributed by atoms with E-state index >= 15 is 0 Å². The van der Waals surface area contributed by atoms with Gasteiger partial charge >= 0.3 is 5.97 Å². The summed E-state index contributed by atoms with van der Waals surface area (Å²) in [6, 6.07) is -0.630. The lowest BCUT2D eigenvalue weighted by Crippen LogP contribution is -2.45. The molecule has 0 aliphatic heterocycles. The maximum absolute atomic E-state index is 12.5. The second kappa shape index (κ2) is 64.9. The monoisotopic (exact) mass is 1060 g/mol. The number of amides is 1. The largest absolute Gasteiger partial charge is 0.466 e. The van der Waals surface area contributed by atoms with Gasteiger partial charge in [-0.15, -0.1) is 0 Å². The third-order valence-corrected chi connectivity index (χ3v) is 16.0. The van der Waals surface area contributed by atoms with Crippen molar-refractivity contribution in [2.75, 3.05) is 13.2 Å². The molecule has 0 aromatic carbocycles. The Balaban J connectivity index is 3.42. The first kappa shape index (κ1) is 73.3. The van der Waals surface area contributed by atoms with Crippen LogP contribution < -0.4 is 5.32 Å². The summed E-state index contributed by atoms with van der Waals surface area (Å²) in [4.78, 5) is 24.5. The Kier molecular flexibility index (Phi) is 63.4. The standard InChI is InChI=1S/C69H133NO5/c1-3-5-7-9-11-13-15-16-17-18-19-26-29-32-35-38-42-45-49-53-57-61-67(72)66(65-71)70-68(73)62-58-54-50-46-43-39-36-33-30-27-24-22-20-21-23-25-28-31-34-37-40-44-48-52-56-60-64-75-69(74)63-59-55-51-47-41-14-12-10-8-6-4-2/h20,22,57,61,66-67,71-72H,3-19,21,23-56,58-60,62-65H2,1-2H3,(H,70,73)/b22-20-,61-57+. The number of carbonyl (C=O) groups excluding carboxylic acids is 2.